The molecule has 1 rings (SSSR count). The van der Waals surface area contributed by atoms with Gasteiger partial charge in [-0.05, 0) is 23.9 Å². The molecule has 0 unspecified atom stereocenters. The normalized spacial score (nSPS) is 11.7. The smallest absolute Gasteiger partial charge is 0.435 e. The number of benzene rings is 1. The second-order valence-electron chi connectivity index (χ2n) is 2.73. The van der Waals surface area contributed by atoms with Gasteiger partial charge in [0.15, 0.2) is 0 Å². The van der Waals surface area contributed by atoms with Gasteiger partial charge in [0.05, 0.1) is 5.69 Å². The number of alkyl halides is 5. The van der Waals surface area contributed by atoms with E-state index in [-0.39, 0.29) is 16.3 Å². The lowest BCUT2D eigenvalue weighted by atomic mass is 10.3. The van der Waals surface area contributed by atoms with Crippen molar-refractivity contribution in [3.05, 3.63) is 18.2 Å². The molecule has 9 heteroatoms. The first-order chi connectivity index (χ1) is 7.81. The number of halogens is 5. The first-order valence-corrected chi connectivity index (χ1v) is 4.94. The summed E-state index contributed by atoms with van der Waals surface area (Å²) in [6.07, 6.45) is 0. The Morgan fingerprint density at radius 2 is 1.94 bits per heavy atom. The Morgan fingerprint density at radius 3 is 2.41 bits per heavy atom. The van der Waals surface area contributed by atoms with E-state index in [2.05, 4.69) is 4.74 Å². The number of thioether (sulfide) groups is 1. The number of anilines is 1. The molecule has 1 aromatic carbocycles. The lowest BCUT2D eigenvalue weighted by Gasteiger charge is -2.12. The Morgan fingerprint density at radius 1 is 1.29 bits per heavy atom. The highest BCUT2D eigenvalue weighted by Crippen LogP contribution is 2.41. The van der Waals surface area contributed by atoms with E-state index in [1.165, 1.54) is 0 Å². The Hall–Kier alpha value is -1.22. The first kappa shape index (κ1) is 13.8. The van der Waals surface area contributed by atoms with Crippen LogP contribution in [0.5, 0.6) is 5.75 Å². The molecule has 0 heterocycles. The van der Waals surface area contributed by atoms with Crippen LogP contribution in [-0.2, 0) is 0 Å². The summed E-state index contributed by atoms with van der Waals surface area (Å²) >= 11 is -0.406. The molecule has 96 valence electrons. The van der Waals surface area contributed by atoms with Crippen LogP contribution in [0.25, 0.3) is 0 Å². The zero-order valence-electron chi connectivity index (χ0n) is 8.09. The van der Waals surface area contributed by atoms with Crippen molar-refractivity contribution in [2.24, 2.45) is 5.84 Å². The van der Waals surface area contributed by atoms with Gasteiger partial charge in [-0.2, -0.15) is 22.0 Å². The van der Waals surface area contributed by atoms with Gasteiger partial charge < -0.3 is 10.2 Å². The van der Waals surface area contributed by atoms with Crippen LogP contribution >= 0.6 is 11.8 Å². The largest absolute Gasteiger partial charge is 0.446 e. The van der Waals surface area contributed by atoms with E-state index in [1.807, 2.05) is 5.43 Å². The second-order valence-corrected chi connectivity index (χ2v) is 3.84. The van der Waals surface area contributed by atoms with Crippen LogP contribution in [0.2, 0.25) is 0 Å². The SMILES string of the molecule is NNc1cc(OC(F)F)ccc1SC(F)(F)F. The van der Waals surface area contributed by atoms with Crippen LogP contribution in [0.3, 0.4) is 0 Å². The summed E-state index contributed by atoms with van der Waals surface area (Å²) in [6, 6.07) is 2.95. The number of nitrogen functional groups attached to an aromatic ring is 1. The fourth-order valence-corrected chi connectivity index (χ4v) is 1.62. The molecule has 0 saturated heterocycles. The predicted octanol–water partition coefficient (Wildman–Crippen LogP) is 3.19. The number of nitrogens with one attached hydrogen (secondary N) is 1. The zero-order chi connectivity index (χ0) is 13.1. The number of nitrogens with two attached hydrogens (primary N) is 1. The van der Waals surface area contributed by atoms with E-state index in [4.69, 9.17) is 5.84 Å². The van der Waals surface area contributed by atoms with Crippen molar-refractivity contribution in [2.45, 2.75) is 17.0 Å². The Labute approximate surface area is 97.1 Å². The Bertz CT molecular complexity index is 385. The van der Waals surface area contributed by atoms with Crippen molar-refractivity contribution in [3.63, 3.8) is 0 Å². The van der Waals surface area contributed by atoms with Crippen LogP contribution in [0.4, 0.5) is 27.6 Å². The minimum Gasteiger partial charge on any atom is -0.435 e. The molecular formula is C8H7F5N2OS. The van der Waals surface area contributed by atoms with Gasteiger partial charge in [0.1, 0.15) is 5.75 Å². The van der Waals surface area contributed by atoms with Gasteiger partial charge in [-0.1, -0.05) is 0 Å². The van der Waals surface area contributed by atoms with Gasteiger partial charge >= 0.3 is 12.1 Å². The molecule has 0 aromatic heterocycles. The molecule has 0 spiro atoms. The maximum Gasteiger partial charge on any atom is 0.446 e. The number of rotatable bonds is 4. The molecule has 0 fully saturated rings. The molecule has 0 aliphatic rings. The standard InChI is InChI=1S/C8H7F5N2OS/c9-7(10)16-4-1-2-6(5(3-4)15-14)17-8(11,12)13/h1-3,7,15H,14H2. The maximum atomic E-state index is 12.1. The molecule has 0 bridgehead atoms. The maximum absolute atomic E-state index is 12.1. The summed E-state index contributed by atoms with van der Waals surface area (Å²) < 4.78 is 64.1. The van der Waals surface area contributed by atoms with E-state index >= 15 is 0 Å². The fraction of sp³-hybridized carbons (Fsp3) is 0.250. The molecule has 0 atom stereocenters. The third-order valence-corrected chi connectivity index (χ3v) is 2.36. The summed E-state index contributed by atoms with van der Waals surface area (Å²) in [5.74, 6) is 4.72. The summed E-state index contributed by atoms with van der Waals surface area (Å²) in [6.45, 7) is -3.05. The summed E-state index contributed by atoms with van der Waals surface area (Å²) in [5, 5.41) is 0. The number of hydrogen-bond acceptors (Lipinski definition) is 4. The van der Waals surface area contributed by atoms with Crippen LogP contribution < -0.4 is 16.0 Å². The summed E-state index contributed by atoms with van der Waals surface area (Å²) in [7, 11) is 0. The molecule has 3 nitrogen and oxygen atoms in total. The van der Waals surface area contributed by atoms with Gasteiger partial charge in [0.2, 0.25) is 0 Å². The zero-order valence-corrected chi connectivity index (χ0v) is 8.91. The van der Waals surface area contributed by atoms with Crippen molar-refractivity contribution in [1.29, 1.82) is 0 Å². The van der Waals surface area contributed by atoms with E-state index < -0.39 is 23.9 Å². The molecular weight excluding hydrogens is 267 g/mol. The average Bonchev–Trinajstić information content (AvgIpc) is 2.17. The van der Waals surface area contributed by atoms with E-state index in [0.717, 1.165) is 18.2 Å². The second kappa shape index (κ2) is 5.41. The number of hydrazine groups is 1. The highest BCUT2D eigenvalue weighted by molar-refractivity contribution is 8.00. The molecule has 17 heavy (non-hydrogen) atoms. The van der Waals surface area contributed by atoms with Crippen LogP contribution in [0.15, 0.2) is 23.1 Å². The molecule has 1 aromatic rings. The minimum atomic E-state index is -4.49. The highest BCUT2D eigenvalue weighted by atomic mass is 32.2. The number of ether oxygens (including phenoxy) is 1. The summed E-state index contributed by atoms with van der Waals surface area (Å²) in [5.41, 5.74) is -2.65. The monoisotopic (exact) mass is 274 g/mol. The number of hydrogen-bond donors (Lipinski definition) is 2. The molecule has 0 radical (unpaired) electrons. The minimum absolute atomic E-state index is 0.148. The van der Waals surface area contributed by atoms with Gasteiger partial charge in [0.25, 0.3) is 0 Å². The van der Waals surface area contributed by atoms with Crippen LogP contribution in [-0.4, -0.2) is 12.1 Å². The lowest BCUT2D eigenvalue weighted by molar-refractivity contribution is -0.0499. The van der Waals surface area contributed by atoms with E-state index in [0.29, 0.717) is 0 Å². The summed E-state index contributed by atoms with van der Waals surface area (Å²) in [4.78, 5) is -0.235. The molecule has 0 aliphatic heterocycles. The predicted molar refractivity (Wildman–Crippen MR) is 52.8 cm³/mol. The van der Waals surface area contributed by atoms with E-state index in [9.17, 15) is 22.0 Å². The Balaban J connectivity index is 2.93. The van der Waals surface area contributed by atoms with E-state index in [1.54, 1.807) is 0 Å². The van der Waals surface area contributed by atoms with Crippen LogP contribution in [0, 0.1) is 0 Å². The van der Waals surface area contributed by atoms with Crippen molar-refractivity contribution in [3.8, 4) is 5.75 Å². The fourth-order valence-electron chi connectivity index (χ4n) is 1.01. The highest BCUT2D eigenvalue weighted by Gasteiger charge is 2.30. The third-order valence-electron chi connectivity index (χ3n) is 1.56. The van der Waals surface area contributed by atoms with Crippen molar-refractivity contribution in [2.75, 3.05) is 5.43 Å². The third kappa shape index (κ3) is 4.65. The lowest BCUT2D eigenvalue weighted by Crippen LogP contribution is -2.10. The topological polar surface area (TPSA) is 47.3 Å². The first-order valence-electron chi connectivity index (χ1n) is 4.13. The molecule has 3 N–H and O–H groups in total. The molecule has 0 saturated carbocycles. The van der Waals surface area contributed by atoms with Crippen molar-refractivity contribution in [1.82, 2.24) is 0 Å². The van der Waals surface area contributed by atoms with Gasteiger partial charge in [-0.3, -0.25) is 5.84 Å². The van der Waals surface area contributed by atoms with Gasteiger partial charge in [-0.15, -0.1) is 0 Å². The van der Waals surface area contributed by atoms with Gasteiger partial charge in [0, 0.05) is 11.0 Å². The quantitative estimate of drug-likeness (QED) is 0.383. The molecule has 0 aliphatic carbocycles. The van der Waals surface area contributed by atoms with Crippen molar-refractivity contribution < 1.29 is 26.7 Å². The average molecular weight is 274 g/mol. The Kier molecular flexibility index (Phi) is 4.40. The van der Waals surface area contributed by atoms with Crippen LogP contribution in [0.1, 0.15) is 0 Å². The van der Waals surface area contributed by atoms with Crippen molar-refractivity contribution >= 4 is 17.4 Å². The van der Waals surface area contributed by atoms with Gasteiger partial charge in [-0.25, -0.2) is 0 Å². The molecule has 0 amide bonds.